The highest BCUT2D eigenvalue weighted by atomic mass is 14.8. The molecule has 0 aromatic carbocycles. The van der Waals surface area contributed by atoms with Crippen molar-refractivity contribution in [1.82, 2.24) is 0 Å². The molecule has 8 heavy (non-hydrogen) atoms. The molecule has 1 aliphatic heterocycles. The predicted octanol–water partition coefficient (Wildman–Crippen LogP) is 1.88. The van der Waals surface area contributed by atoms with E-state index in [0.29, 0.717) is 5.41 Å². The van der Waals surface area contributed by atoms with Crippen molar-refractivity contribution in [2.24, 2.45) is 10.4 Å². The van der Waals surface area contributed by atoms with Gasteiger partial charge in [-0.2, -0.15) is 0 Å². The van der Waals surface area contributed by atoms with Crippen molar-refractivity contribution in [3.8, 4) is 0 Å². The van der Waals surface area contributed by atoms with Crippen molar-refractivity contribution in [3.05, 3.63) is 0 Å². The first-order valence-corrected chi connectivity index (χ1v) is 3.14. The van der Waals surface area contributed by atoms with Gasteiger partial charge in [0.2, 0.25) is 0 Å². The van der Waals surface area contributed by atoms with Crippen LogP contribution in [0, 0.1) is 5.41 Å². The van der Waals surface area contributed by atoms with Crippen LogP contribution in [-0.4, -0.2) is 12.3 Å². The molecule has 1 aliphatic rings. The molecule has 0 aliphatic carbocycles. The number of rotatable bonds is 0. The second-order valence-electron chi connectivity index (χ2n) is 3.33. The minimum absolute atomic E-state index is 0.345. The molecule has 1 heterocycles. The Morgan fingerprint density at radius 1 is 1.38 bits per heavy atom. The van der Waals surface area contributed by atoms with E-state index in [-0.39, 0.29) is 0 Å². The van der Waals surface area contributed by atoms with Gasteiger partial charge in [-0.15, -0.1) is 0 Å². The van der Waals surface area contributed by atoms with Crippen molar-refractivity contribution < 1.29 is 0 Å². The molecule has 46 valence electrons. The van der Waals surface area contributed by atoms with E-state index in [2.05, 4.69) is 25.8 Å². The predicted molar refractivity (Wildman–Crippen MR) is 36.4 cm³/mol. The summed E-state index contributed by atoms with van der Waals surface area (Å²) in [6, 6.07) is 0. The Morgan fingerprint density at radius 2 is 1.88 bits per heavy atom. The fourth-order valence-electron chi connectivity index (χ4n) is 0.836. The molecule has 0 fully saturated rings. The average Bonchev–Trinajstić information content (AvgIpc) is 1.16. The Morgan fingerprint density at radius 3 is 1.88 bits per heavy atom. The molecule has 1 nitrogen and oxygen atoms in total. The summed E-state index contributed by atoms with van der Waals surface area (Å²) < 4.78 is 0. The Bertz CT molecular complexity index is 117. The zero-order valence-electron chi connectivity index (χ0n) is 5.86. The molecule has 0 bridgehead atoms. The Balaban J connectivity index is 2.59. The largest absolute Gasteiger partial charge is 0.293 e. The highest BCUT2D eigenvalue weighted by Gasteiger charge is 2.21. The van der Waals surface area contributed by atoms with E-state index < -0.39 is 0 Å². The van der Waals surface area contributed by atoms with Gasteiger partial charge < -0.3 is 0 Å². The maximum absolute atomic E-state index is 4.26. The van der Waals surface area contributed by atoms with Crippen LogP contribution in [0.4, 0.5) is 0 Å². The van der Waals surface area contributed by atoms with Crippen LogP contribution in [-0.2, 0) is 0 Å². The molecule has 0 atom stereocenters. The maximum atomic E-state index is 4.26. The molecular formula is C7H13N. The molecule has 0 amide bonds. The van der Waals surface area contributed by atoms with Crippen molar-refractivity contribution in [1.29, 1.82) is 0 Å². The Kier molecular flexibility index (Phi) is 1.14. The van der Waals surface area contributed by atoms with Gasteiger partial charge in [-0.05, 0) is 5.41 Å². The fraction of sp³-hybridized carbons (Fsp3) is 0.857. The highest BCUT2D eigenvalue weighted by Crippen LogP contribution is 2.22. The summed E-state index contributed by atoms with van der Waals surface area (Å²) in [6.45, 7) is 7.70. The molecule has 0 N–H and O–H groups in total. The van der Waals surface area contributed by atoms with Crippen LogP contribution in [0.2, 0.25) is 0 Å². The van der Waals surface area contributed by atoms with Gasteiger partial charge in [0.15, 0.2) is 0 Å². The molecule has 0 saturated carbocycles. The summed E-state index contributed by atoms with van der Waals surface area (Å²) in [6.07, 6.45) is 1.23. The number of aliphatic imine (C=N–C) groups is 1. The maximum Gasteiger partial charge on any atom is 0.0441 e. The monoisotopic (exact) mass is 111 g/mol. The SMILES string of the molecule is CC(C)(C)C1=NCC1. The molecular weight excluding hydrogens is 98.1 g/mol. The molecule has 0 radical (unpaired) electrons. The van der Waals surface area contributed by atoms with Crippen LogP contribution in [0.3, 0.4) is 0 Å². The van der Waals surface area contributed by atoms with Crippen molar-refractivity contribution in [3.63, 3.8) is 0 Å². The second kappa shape index (κ2) is 1.57. The fourth-order valence-corrected chi connectivity index (χ4v) is 0.836. The summed E-state index contributed by atoms with van der Waals surface area (Å²) in [5.74, 6) is 0. The van der Waals surface area contributed by atoms with Gasteiger partial charge in [0, 0.05) is 18.7 Å². The van der Waals surface area contributed by atoms with Gasteiger partial charge in [-0.25, -0.2) is 0 Å². The minimum atomic E-state index is 0.345. The third kappa shape index (κ3) is 0.908. The summed E-state index contributed by atoms with van der Waals surface area (Å²) in [4.78, 5) is 4.26. The van der Waals surface area contributed by atoms with E-state index in [1.165, 1.54) is 12.1 Å². The smallest absolute Gasteiger partial charge is 0.0441 e. The molecule has 0 aromatic rings. The van der Waals surface area contributed by atoms with Gasteiger partial charge in [0.1, 0.15) is 0 Å². The lowest BCUT2D eigenvalue weighted by Gasteiger charge is -2.26. The van der Waals surface area contributed by atoms with Gasteiger partial charge in [-0.3, -0.25) is 4.99 Å². The first kappa shape index (κ1) is 5.80. The van der Waals surface area contributed by atoms with Crippen LogP contribution in [0.1, 0.15) is 27.2 Å². The van der Waals surface area contributed by atoms with Crippen LogP contribution in [0.25, 0.3) is 0 Å². The topological polar surface area (TPSA) is 12.4 Å². The molecule has 0 saturated heterocycles. The lowest BCUT2D eigenvalue weighted by atomic mass is 9.85. The molecule has 0 unspecified atom stereocenters. The van der Waals surface area contributed by atoms with Gasteiger partial charge in [0.05, 0.1) is 0 Å². The zero-order chi connectivity index (χ0) is 6.20. The van der Waals surface area contributed by atoms with Crippen molar-refractivity contribution in [2.75, 3.05) is 6.54 Å². The first-order valence-electron chi connectivity index (χ1n) is 3.14. The Labute approximate surface area is 50.8 Å². The molecule has 0 spiro atoms. The highest BCUT2D eigenvalue weighted by molar-refractivity contribution is 5.92. The van der Waals surface area contributed by atoms with Gasteiger partial charge >= 0.3 is 0 Å². The van der Waals surface area contributed by atoms with Crippen molar-refractivity contribution in [2.45, 2.75) is 27.2 Å². The number of hydrogen-bond acceptors (Lipinski definition) is 1. The van der Waals surface area contributed by atoms with E-state index >= 15 is 0 Å². The van der Waals surface area contributed by atoms with E-state index in [1.807, 2.05) is 0 Å². The quantitative estimate of drug-likeness (QED) is 0.452. The summed E-state index contributed by atoms with van der Waals surface area (Å²) >= 11 is 0. The van der Waals surface area contributed by atoms with Crippen LogP contribution in [0.5, 0.6) is 0 Å². The zero-order valence-corrected chi connectivity index (χ0v) is 5.86. The van der Waals surface area contributed by atoms with E-state index in [1.54, 1.807) is 0 Å². The summed E-state index contributed by atoms with van der Waals surface area (Å²) in [5, 5.41) is 0. The van der Waals surface area contributed by atoms with E-state index in [4.69, 9.17) is 0 Å². The number of nitrogens with zero attached hydrogens (tertiary/aromatic N) is 1. The molecule has 0 aromatic heterocycles. The third-order valence-electron chi connectivity index (χ3n) is 1.52. The third-order valence-corrected chi connectivity index (χ3v) is 1.52. The van der Waals surface area contributed by atoms with E-state index in [9.17, 15) is 0 Å². The average molecular weight is 111 g/mol. The standard InChI is InChI=1S/C7H13N/c1-7(2,3)6-4-5-8-6/h4-5H2,1-3H3. The van der Waals surface area contributed by atoms with Gasteiger partial charge in [-0.1, -0.05) is 20.8 Å². The van der Waals surface area contributed by atoms with Crippen molar-refractivity contribution >= 4 is 5.71 Å². The van der Waals surface area contributed by atoms with Crippen LogP contribution < -0.4 is 0 Å². The molecule has 1 heteroatoms. The lowest BCUT2D eigenvalue weighted by Crippen LogP contribution is -2.27. The Hall–Kier alpha value is -0.330. The first-order chi connectivity index (χ1) is 3.61. The normalized spacial score (nSPS) is 19.6. The minimum Gasteiger partial charge on any atom is -0.293 e. The van der Waals surface area contributed by atoms with E-state index in [0.717, 1.165) is 6.54 Å². The number of hydrogen-bond donors (Lipinski definition) is 0. The van der Waals surface area contributed by atoms with Crippen LogP contribution in [0.15, 0.2) is 4.99 Å². The van der Waals surface area contributed by atoms with Gasteiger partial charge in [0.25, 0.3) is 0 Å². The van der Waals surface area contributed by atoms with Crippen LogP contribution >= 0.6 is 0 Å². The summed E-state index contributed by atoms with van der Waals surface area (Å²) in [5.41, 5.74) is 1.73. The summed E-state index contributed by atoms with van der Waals surface area (Å²) in [7, 11) is 0. The lowest BCUT2D eigenvalue weighted by molar-refractivity contribution is 0.557. The molecule has 1 rings (SSSR count). The second-order valence-corrected chi connectivity index (χ2v) is 3.33.